The van der Waals surface area contributed by atoms with E-state index >= 15 is 0 Å². The van der Waals surface area contributed by atoms with Crippen LogP contribution in [-0.4, -0.2) is 33.9 Å². The van der Waals surface area contributed by atoms with E-state index in [1.54, 1.807) is 6.07 Å². The van der Waals surface area contributed by atoms with Gasteiger partial charge in [-0.3, -0.25) is 4.79 Å². The maximum atomic E-state index is 12.0. The monoisotopic (exact) mass is 347 g/mol. The fourth-order valence-corrected chi connectivity index (χ4v) is 3.10. The van der Waals surface area contributed by atoms with Crippen molar-refractivity contribution < 1.29 is 27.5 Å². The number of hydrogen-bond acceptors (Lipinski definition) is 7. The minimum absolute atomic E-state index is 0.0550. The first-order valence-corrected chi connectivity index (χ1v) is 8.77. The van der Waals surface area contributed by atoms with Crippen LogP contribution in [0.2, 0.25) is 0 Å². The summed E-state index contributed by atoms with van der Waals surface area (Å²) in [6.07, 6.45) is 5.77. The maximum Gasteiger partial charge on any atom is 0.358 e. The van der Waals surface area contributed by atoms with Crippen molar-refractivity contribution in [3.05, 3.63) is 59.1 Å². The van der Waals surface area contributed by atoms with Crippen LogP contribution in [0.3, 0.4) is 0 Å². The van der Waals surface area contributed by atoms with Gasteiger partial charge >= 0.3 is 5.97 Å². The minimum atomic E-state index is -3.41. The molecular formula is C16H13NO6S. The molecule has 0 N–H and O–H groups in total. The quantitative estimate of drug-likeness (QED) is 0.356. The summed E-state index contributed by atoms with van der Waals surface area (Å²) < 4.78 is 34.0. The third kappa shape index (κ3) is 3.06. The van der Waals surface area contributed by atoms with Gasteiger partial charge in [-0.25, -0.2) is 9.79 Å². The molecule has 1 aliphatic heterocycles. The molecule has 24 heavy (non-hydrogen) atoms. The largest absolute Gasteiger partial charge is 0.610 e. The number of furan rings is 1. The van der Waals surface area contributed by atoms with E-state index in [0.29, 0.717) is 0 Å². The zero-order valence-electron chi connectivity index (χ0n) is 12.6. The summed E-state index contributed by atoms with van der Waals surface area (Å²) in [5.41, 5.74) is 0.0464. The minimum Gasteiger partial charge on any atom is -0.610 e. The van der Waals surface area contributed by atoms with Crippen LogP contribution < -0.4 is 0 Å². The summed E-state index contributed by atoms with van der Waals surface area (Å²) in [5, 5.41) is 0. The van der Waals surface area contributed by atoms with E-state index in [2.05, 4.69) is 4.99 Å². The van der Waals surface area contributed by atoms with E-state index in [9.17, 15) is 18.4 Å². The summed E-state index contributed by atoms with van der Waals surface area (Å²) in [4.78, 5) is 28.1. The molecule has 0 fully saturated rings. The van der Waals surface area contributed by atoms with Crippen molar-refractivity contribution in [3.8, 4) is 0 Å². The van der Waals surface area contributed by atoms with Crippen molar-refractivity contribution in [2.45, 2.75) is 13.0 Å². The average molecular weight is 347 g/mol. The van der Waals surface area contributed by atoms with E-state index in [4.69, 9.17) is 9.15 Å². The number of carbonyl (C=O) groups excluding carboxylic acids is 2. The number of ether oxygens (including phenoxy) is 1. The highest BCUT2D eigenvalue weighted by atomic mass is 32.3. The van der Waals surface area contributed by atoms with Crippen LogP contribution in [0.15, 0.2) is 62.7 Å². The van der Waals surface area contributed by atoms with Crippen LogP contribution in [0.5, 0.6) is 0 Å². The number of nitrogens with zero attached hydrogens (tertiary/aromatic N) is 1. The topological polar surface area (TPSA) is 109 Å². The molecule has 8 heteroatoms. The number of carbonyl (C=O) groups is 2. The van der Waals surface area contributed by atoms with Crippen molar-refractivity contribution in [3.63, 3.8) is 0 Å². The van der Waals surface area contributed by atoms with Gasteiger partial charge in [-0.05, 0) is 31.2 Å². The lowest BCUT2D eigenvalue weighted by Crippen LogP contribution is -2.33. The molecule has 1 aromatic heterocycles. The summed E-state index contributed by atoms with van der Waals surface area (Å²) >= 11 is 0. The zero-order valence-corrected chi connectivity index (χ0v) is 13.4. The van der Waals surface area contributed by atoms with Crippen molar-refractivity contribution in [2.75, 3.05) is 5.75 Å². The van der Waals surface area contributed by atoms with Gasteiger partial charge in [0, 0.05) is 12.2 Å². The molecule has 0 saturated carbocycles. The van der Waals surface area contributed by atoms with Crippen LogP contribution in [0.1, 0.15) is 17.5 Å². The highest BCUT2D eigenvalue weighted by molar-refractivity contribution is 8.01. The zero-order chi connectivity index (χ0) is 17.3. The van der Waals surface area contributed by atoms with Gasteiger partial charge in [0.1, 0.15) is 5.75 Å². The molecule has 1 aromatic rings. The molecule has 0 spiro atoms. The van der Waals surface area contributed by atoms with Gasteiger partial charge in [0.05, 0.1) is 22.2 Å². The molecule has 3 rings (SSSR count). The molecule has 2 aliphatic rings. The molecule has 2 atom stereocenters. The van der Waals surface area contributed by atoms with E-state index < -0.39 is 28.1 Å². The SMILES string of the molecule is CC[S+](=O)([O-])C1=CC2=N/C(=C\C(=O)c3ccco3)C(=O)OC2C=C1. The Morgan fingerprint density at radius 1 is 1.50 bits per heavy atom. The van der Waals surface area contributed by atoms with E-state index in [-0.39, 0.29) is 27.8 Å². The Hall–Kier alpha value is -2.58. The third-order valence-corrected chi connectivity index (χ3v) is 5.21. The van der Waals surface area contributed by atoms with Crippen molar-refractivity contribution in [2.24, 2.45) is 4.99 Å². The van der Waals surface area contributed by atoms with Crippen LogP contribution in [0.25, 0.3) is 0 Å². The predicted octanol–water partition coefficient (Wildman–Crippen LogP) is 1.82. The first-order chi connectivity index (χ1) is 11.4. The average Bonchev–Trinajstić information content (AvgIpc) is 3.09. The molecule has 124 valence electrons. The Morgan fingerprint density at radius 2 is 2.29 bits per heavy atom. The van der Waals surface area contributed by atoms with Gasteiger partial charge in [0.25, 0.3) is 0 Å². The van der Waals surface area contributed by atoms with E-state index in [0.717, 1.165) is 6.08 Å². The summed E-state index contributed by atoms with van der Waals surface area (Å²) in [5.74, 6) is -1.29. The number of hydrogen-bond donors (Lipinski definition) is 0. The Labute approximate surface area is 138 Å². The van der Waals surface area contributed by atoms with Crippen molar-refractivity contribution in [1.29, 1.82) is 0 Å². The summed E-state index contributed by atoms with van der Waals surface area (Å²) in [6.45, 7) is 1.53. The Kier molecular flexibility index (Phi) is 4.16. The highest BCUT2D eigenvalue weighted by Crippen LogP contribution is 2.25. The number of aliphatic imine (C=N–C) groups is 1. The molecule has 0 radical (unpaired) electrons. The molecule has 7 nitrogen and oxygen atoms in total. The molecular weight excluding hydrogens is 334 g/mol. The molecule has 1 aliphatic carbocycles. The Balaban J connectivity index is 1.96. The normalized spacial score (nSPS) is 23.8. The lowest BCUT2D eigenvalue weighted by atomic mass is 10.1. The van der Waals surface area contributed by atoms with Crippen LogP contribution in [0.4, 0.5) is 0 Å². The summed E-state index contributed by atoms with van der Waals surface area (Å²) in [7, 11) is -3.41. The van der Waals surface area contributed by atoms with Crippen LogP contribution in [0, 0.1) is 0 Å². The third-order valence-electron chi connectivity index (χ3n) is 3.48. The van der Waals surface area contributed by atoms with Crippen molar-refractivity contribution >= 4 is 27.7 Å². The number of esters is 1. The second-order valence-electron chi connectivity index (χ2n) is 5.04. The predicted molar refractivity (Wildman–Crippen MR) is 85.0 cm³/mol. The summed E-state index contributed by atoms with van der Waals surface area (Å²) in [6, 6.07) is 3.00. The highest BCUT2D eigenvalue weighted by Gasteiger charge is 2.32. The molecule has 0 aromatic carbocycles. The van der Waals surface area contributed by atoms with E-state index in [1.165, 1.54) is 37.5 Å². The Morgan fingerprint density at radius 3 is 2.96 bits per heavy atom. The number of fused-ring (bicyclic) bond motifs is 1. The fourth-order valence-electron chi connectivity index (χ4n) is 2.18. The molecule has 0 saturated heterocycles. The van der Waals surface area contributed by atoms with Gasteiger partial charge < -0.3 is 13.7 Å². The maximum absolute atomic E-state index is 12.0. The second-order valence-corrected chi connectivity index (χ2v) is 7.32. The number of sulfone groups is 1. The first kappa shape index (κ1) is 16.3. The van der Waals surface area contributed by atoms with Gasteiger partial charge in [0.15, 0.2) is 22.5 Å². The number of ketones is 1. The number of allylic oxidation sites excluding steroid dienone is 2. The van der Waals surface area contributed by atoms with Gasteiger partial charge in [-0.2, -0.15) is 0 Å². The standard InChI is InChI=1S/C16H13NO6S/c1-2-24(20,21)10-5-6-14-11(8-10)17-12(16(19)23-14)9-13(18)15-4-3-7-22-15/h3-9,14H,2H2,1H3/b12-9-. The fraction of sp³-hybridized carbons (Fsp3) is 0.188. The first-order valence-electron chi connectivity index (χ1n) is 7.12. The molecule has 0 bridgehead atoms. The van der Waals surface area contributed by atoms with Gasteiger partial charge in [-0.1, -0.05) is 0 Å². The van der Waals surface area contributed by atoms with Crippen molar-refractivity contribution in [1.82, 2.24) is 0 Å². The molecule has 0 amide bonds. The van der Waals surface area contributed by atoms with Gasteiger partial charge in [-0.15, -0.1) is 4.21 Å². The lowest BCUT2D eigenvalue weighted by Gasteiger charge is -2.24. The smallest absolute Gasteiger partial charge is 0.358 e. The number of rotatable bonds is 4. The van der Waals surface area contributed by atoms with E-state index in [1.807, 2.05) is 0 Å². The van der Waals surface area contributed by atoms with Crippen LogP contribution >= 0.6 is 0 Å². The second kappa shape index (κ2) is 6.14. The lowest BCUT2D eigenvalue weighted by molar-refractivity contribution is -0.140. The molecule has 2 unspecified atom stereocenters. The van der Waals surface area contributed by atoms with Gasteiger partial charge in [0.2, 0.25) is 5.78 Å². The van der Waals surface area contributed by atoms with Crippen LogP contribution in [-0.2, 0) is 24.0 Å². The molecule has 2 heterocycles. The Bertz CT molecular complexity index is 859.